The maximum absolute atomic E-state index is 12.4. The molecule has 1 aliphatic rings. The molecule has 1 fully saturated rings. The largest absolute Gasteiger partial charge is 0.354 e. The molecule has 2 heterocycles. The molecule has 1 aromatic heterocycles. The smallest absolute Gasteiger partial charge is 0.224 e. The summed E-state index contributed by atoms with van der Waals surface area (Å²) in [6, 6.07) is 10.7. The van der Waals surface area contributed by atoms with Gasteiger partial charge in [-0.05, 0) is 60.8 Å². The number of aryl methyl sites for hydroxylation is 1. The third-order valence-corrected chi connectivity index (χ3v) is 5.65. The van der Waals surface area contributed by atoms with Crippen LogP contribution in [0.15, 0.2) is 41.1 Å². The Morgan fingerprint density at radius 1 is 1.20 bits per heavy atom. The van der Waals surface area contributed by atoms with E-state index in [9.17, 15) is 4.79 Å². The van der Waals surface area contributed by atoms with Gasteiger partial charge in [0.1, 0.15) is 0 Å². The number of nitrogens with one attached hydrogen (secondary N) is 1. The predicted molar refractivity (Wildman–Crippen MR) is 105 cm³/mol. The van der Waals surface area contributed by atoms with Crippen molar-refractivity contribution < 1.29 is 4.79 Å². The molecule has 4 heteroatoms. The van der Waals surface area contributed by atoms with Crippen molar-refractivity contribution >= 4 is 17.2 Å². The lowest BCUT2D eigenvalue weighted by molar-refractivity contribution is -0.120. The molecule has 0 spiro atoms. The summed E-state index contributed by atoms with van der Waals surface area (Å²) in [5, 5.41) is 7.54. The van der Waals surface area contributed by atoms with Gasteiger partial charge in [0.05, 0.1) is 12.5 Å². The van der Waals surface area contributed by atoms with Crippen LogP contribution in [0.3, 0.4) is 0 Å². The van der Waals surface area contributed by atoms with Crippen molar-refractivity contribution in [1.29, 1.82) is 0 Å². The first-order chi connectivity index (χ1) is 12.2. The van der Waals surface area contributed by atoms with Crippen LogP contribution >= 0.6 is 11.3 Å². The van der Waals surface area contributed by atoms with Crippen molar-refractivity contribution in [2.75, 3.05) is 19.6 Å². The SMILES string of the molecule is Cc1cccc(CC(=O)NCC(c2ccsc2)N2CCCCCC2)c1. The van der Waals surface area contributed by atoms with Gasteiger partial charge < -0.3 is 5.32 Å². The maximum Gasteiger partial charge on any atom is 0.224 e. The van der Waals surface area contributed by atoms with Crippen LogP contribution in [0.4, 0.5) is 0 Å². The van der Waals surface area contributed by atoms with E-state index in [0.29, 0.717) is 19.0 Å². The van der Waals surface area contributed by atoms with Crippen molar-refractivity contribution in [3.8, 4) is 0 Å². The summed E-state index contributed by atoms with van der Waals surface area (Å²) >= 11 is 1.74. The number of amides is 1. The van der Waals surface area contributed by atoms with E-state index in [1.54, 1.807) is 11.3 Å². The van der Waals surface area contributed by atoms with Gasteiger partial charge >= 0.3 is 0 Å². The number of benzene rings is 1. The van der Waals surface area contributed by atoms with Gasteiger partial charge in [-0.25, -0.2) is 0 Å². The second kappa shape index (κ2) is 9.16. The highest BCUT2D eigenvalue weighted by atomic mass is 32.1. The second-order valence-corrected chi connectivity index (χ2v) is 7.77. The second-order valence-electron chi connectivity index (χ2n) is 6.99. The highest BCUT2D eigenvalue weighted by molar-refractivity contribution is 7.07. The Hall–Kier alpha value is -1.65. The van der Waals surface area contributed by atoms with Gasteiger partial charge in [0.2, 0.25) is 5.91 Å². The van der Waals surface area contributed by atoms with E-state index in [2.05, 4.69) is 46.1 Å². The average Bonchev–Trinajstić information content (AvgIpc) is 2.98. The van der Waals surface area contributed by atoms with Crippen LogP contribution < -0.4 is 5.32 Å². The van der Waals surface area contributed by atoms with E-state index >= 15 is 0 Å². The Morgan fingerprint density at radius 2 is 2.00 bits per heavy atom. The van der Waals surface area contributed by atoms with Gasteiger partial charge in [-0.1, -0.05) is 42.7 Å². The predicted octanol–water partition coefficient (Wildman–Crippen LogP) is 4.33. The van der Waals surface area contributed by atoms with E-state index in [1.807, 2.05) is 12.1 Å². The molecule has 1 aromatic carbocycles. The minimum Gasteiger partial charge on any atom is -0.354 e. The van der Waals surface area contributed by atoms with Crippen LogP contribution in [-0.2, 0) is 11.2 Å². The molecule has 3 rings (SSSR count). The summed E-state index contributed by atoms with van der Waals surface area (Å²) in [7, 11) is 0. The fraction of sp³-hybridized carbons (Fsp3) is 0.476. The number of nitrogens with zero attached hydrogens (tertiary/aromatic N) is 1. The molecule has 3 nitrogen and oxygen atoms in total. The van der Waals surface area contributed by atoms with Crippen LogP contribution in [-0.4, -0.2) is 30.4 Å². The Balaban J connectivity index is 1.61. The molecule has 0 bridgehead atoms. The highest BCUT2D eigenvalue weighted by Gasteiger charge is 2.22. The van der Waals surface area contributed by atoms with E-state index in [0.717, 1.165) is 18.7 Å². The first-order valence-corrected chi connectivity index (χ1v) is 10.2. The summed E-state index contributed by atoms with van der Waals surface area (Å²) in [5.74, 6) is 0.112. The van der Waals surface area contributed by atoms with Crippen molar-refractivity contribution in [3.05, 3.63) is 57.8 Å². The number of thiophene rings is 1. The van der Waals surface area contributed by atoms with Crippen molar-refractivity contribution in [1.82, 2.24) is 10.2 Å². The van der Waals surface area contributed by atoms with Crippen molar-refractivity contribution in [2.24, 2.45) is 0 Å². The Kier molecular flexibility index (Phi) is 6.65. The number of carbonyl (C=O) groups is 1. The van der Waals surface area contributed by atoms with Gasteiger partial charge in [-0.2, -0.15) is 11.3 Å². The van der Waals surface area contributed by atoms with Crippen molar-refractivity contribution in [2.45, 2.75) is 45.1 Å². The molecular weight excluding hydrogens is 328 g/mol. The zero-order chi connectivity index (χ0) is 17.5. The van der Waals surface area contributed by atoms with Crippen LogP contribution in [0.2, 0.25) is 0 Å². The van der Waals surface area contributed by atoms with E-state index < -0.39 is 0 Å². The third-order valence-electron chi connectivity index (χ3n) is 4.95. The Labute approximate surface area is 155 Å². The van der Waals surface area contributed by atoms with Gasteiger partial charge in [0.25, 0.3) is 0 Å². The molecule has 134 valence electrons. The summed E-state index contributed by atoms with van der Waals surface area (Å²) < 4.78 is 0. The first-order valence-electron chi connectivity index (χ1n) is 9.31. The normalized spacial score (nSPS) is 17.0. The van der Waals surface area contributed by atoms with Crippen molar-refractivity contribution in [3.63, 3.8) is 0 Å². The van der Waals surface area contributed by atoms with Crippen LogP contribution in [0, 0.1) is 6.92 Å². The van der Waals surface area contributed by atoms with Gasteiger partial charge in [-0.3, -0.25) is 9.69 Å². The van der Waals surface area contributed by atoms with E-state index in [4.69, 9.17) is 0 Å². The molecular formula is C21H28N2OS. The van der Waals surface area contributed by atoms with E-state index in [1.165, 1.54) is 36.8 Å². The third kappa shape index (κ3) is 5.41. The fourth-order valence-corrected chi connectivity index (χ4v) is 4.32. The molecule has 1 aliphatic heterocycles. The Morgan fingerprint density at radius 3 is 2.68 bits per heavy atom. The summed E-state index contributed by atoms with van der Waals surface area (Å²) in [5.41, 5.74) is 3.62. The molecule has 0 radical (unpaired) electrons. The monoisotopic (exact) mass is 356 g/mol. The highest BCUT2D eigenvalue weighted by Crippen LogP contribution is 2.25. The molecule has 2 aromatic rings. The topological polar surface area (TPSA) is 32.3 Å². The standard InChI is InChI=1S/C21H28N2OS/c1-17-7-6-8-18(13-17)14-21(24)22-15-20(19-9-12-25-16-19)23-10-4-2-3-5-11-23/h6-9,12-13,16,20H,2-5,10-11,14-15H2,1H3,(H,22,24). The van der Waals surface area contributed by atoms with Crippen LogP contribution in [0.5, 0.6) is 0 Å². The lowest BCUT2D eigenvalue weighted by Crippen LogP contribution is -2.39. The quantitative estimate of drug-likeness (QED) is 0.835. The summed E-state index contributed by atoms with van der Waals surface area (Å²) in [4.78, 5) is 15.0. The van der Waals surface area contributed by atoms with Gasteiger partial charge in [0, 0.05) is 6.54 Å². The molecule has 1 atom stereocenters. The first kappa shape index (κ1) is 18.2. The molecule has 1 unspecified atom stereocenters. The molecule has 0 aliphatic carbocycles. The van der Waals surface area contributed by atoms with Crippen LogP contribution in [0.25, 0.3) is 0 Å². The minimum atomic E-state index is 0.112. The maximum atomic E-state index is 12.4. The number of hydrogen-bond acceptors (Lipinski definition) is 3. The fourth-order valence-electron chi connectivity index (χ4n) is 3.61. The summed E-state index contributed by atoms with van der Waals surface area (Å²) in [6.45, 7) is 5.03. The van der Waals surface area contributed by atoms with Crippen LogP contribution in [0.1, 0.15) is 48.4 Å². The zero-order valence-electron chi connectivity index (χ0n) is 15.0. The lowest BCUT2D eigenvalue weighted by atomic mass is 10.1. The minimum absolute atomic E-state index is 0.112. The average molecular weight is 357 g/mol. The molecule has 25 heavy (non-hydrogen) atoms. The number of rotatable bonds is 6. The molecule has 1 amide bonds. The molecule has 1 saturated heterocycles. The zero-order valence-corrected chi connectivity index (χ0v) is 15.9. The number of likely N-dealkylation sites (tertiary alicyclic amines) is 1. The van der Waals surface area contributed by atoms with Gasteiger partial charge in [0.15, 0.2) is 0 Å². The lowest BCUT2D eigenvalue weighted by Gasteiger charge is -2.30. The molecule has 0 saturated carbocycles. The van der Waals surface area contributed by atoms with E-state index in [-0.39, 0.29) is 5.91 Å². The summed E-state index contributed by atoms with van der Waals surface area (Å²) in [6.07, 6.45) is 5.63. The van der Waals surface area contributed by atoms with Gasteiger partial charge in [-0.15, -0.1) is 0 Å². The Bertz CT molecular complexity index is 660. The number of carbonyl (C=O) groups excluding carboxylic acids is 1. The number of hydrogen-bond donors (Lipinski definition) is 1. The molecule has 1 N–H and O–H groups in total.